The maximum absolute atomic E-state index is 11.1. The lowest BCUT2D eigenvalue weighted by atomic mass is 9.86. The Labute approximate surface area is 94.3 Å². The molecule has 1 fully saturated rings. The molecule has 2 heterocycles. The maximum Gasteiger partial charge on any atom is 0.331 e. The molecule has 0 aromatic rings. The molecule has 84 valence electrons. The molecule has 0 saturated carbocycles. The summed E-state index contributed by atoms with van der Waals surface area (Å²) in [4.78, 5) is 11.1. The molecule has 0 unspecified atom stereocenters. The standard InChI is InChI=1S/C11H17NO2S/c13-11(14)9-1-4-12-7-10(9)8-2-5-15-6-3-8/h8,12H,1-7H2,(H,13,14). The van der Waals surface area contributed by atoms with Crippen molar-refractivity contribution in [2.24, 2.45) is 5.92 Å². The summed E-state index contributed by atoms with van der Waals surface area (Å²) < 4.78 is 0. The fourth-order valence-electron chi connectivity index (χ4n) is 2.38. The second-order valence-corrected chi connectivity index (χ2v) is 5.35. The summed E-state index contributed by atoms with van der Waals surface area (Å²) in [6.45, 7) is 1.60. The van der Waals surface area contributed by atoms with Gasteiger partial charge in [-0.25, -0.2) is 4.79 Å². The number of carboxylic acid groups (broad SMARTS) is 1. The van der Waals surface area contributed by atoms with E-state index >= 15 is 0 Å². The Hall–Kier alpha value is -0.480. The number of hydrogen-bond donors (Lipinski definition) is 2. The molecule has 0 aliphatic carbocycles. The number of rotatable bonds is 2. The molecule has 1 saturated heterocycles. The molecule has 0 aromatic heterocycles. The molecule has 0 amide bonds. The van der Waals surface area contributed by atoms with E-state index in [1.54, 1.807) is 0 Å². The molecule has 15 heavy (non-hydrogen) atoms. The van der Waals surface area contributed by atoms with Gasteiger partial charge in [-0.3, -0.25) is 0 Å². The molecule has 0 bridgehead atoms. The van der Waals surface area contributed by atoms with Crippen molar-refractivity contribution in [2.45, 2.75) is 19.3 Å². The van der Waals surface area contributed by atoms with Crippen LogP contribution < -0.4 is 5.32 Å². The van der Waals surface area contributed by atoms with Gasteiger partial charge >= 0.3 is 5.97 Å². The molecule has 0 radical (unpaired) electrons. The van der Waals surface area contributed by atoms with E-state index in [0.717, 1.165) is 25.9 Å². The van der Waals surface area contributed by atoms with Crippen molar-refractivity contribution >= 4 is 17.7 Å². The normalized spacial score (nSPS) is 24.3. The highest BCUT2D eigenvalue weighted by Gasteiger charge is 2.25. The van der Waals surface area contributed by atoms with Crippen LogP contribution in [0.25, 0.3) is 0 Å². The second-order valence-electron chi connectivity index (χ2n) is 4.12. The minimum Gasteiger partial charge on any atom is -0.478 e. The molecular formula is C11H17NO2S. The van der Waals surface area contributed by atoms with E-state index in [2.05, 4.69) is 5.32 Å². The van der Waals surface area contributed by atoms with Crippen molar-refractivity contribution in [2.75, 3.05) is 24.6 Å². The van der Waals surface area contributed by atoms with E-state index in [4.69, 9.17) is 5.11 Å². The van der Waals surface area contributed by atoms with Crippen LogP contribution in [-0.2, 0) is 4.79 Å². The Bertz CT molecular complexity index is 282. The van der Waals surface area contributed by atoms with Gasteiger partial charge in [0.1, 0.15) is 0 Å². The third-order valence-corrected chi connectivity index (χ3v) is 4.28. The first-order valence-electron chi connectivity index (χ1n) is 5.52. The molecule has 2 aliphatic heterocycles. The van der Waals surface area contributed by atoms with E-state index in [9.17, 15) is 4.79 Å². The highest BCUT2D eigenvalue weighted by molar-refractivity contribution is 7.99. The van der Waals surface area contributed by atoms with Crippen LogP contribution in [0.1, 0.15) is 19.3 Å². The van der Waals surface area contributed by atoms with Crippen molar-refractivity contribution < 1.29 is 9.90 Å². The number of nitrogens with one attached hydrogen (secondary N) is 1. The van der Waals surface area contributed by atoms with Crippen LogP contribution in [0.2, 0.25) is 0 Å². The zero-order chi connectivity index (χ0) is 10.7. The van der Waals surface area contributed by atoms with E-state index in [-0.39, 0.29) is 0 Å². The third kappa shape index (κ3) is 2.55. The summed E-state index contributed by atoms with van der Waals surface area (Å²) in [6.07, 6.45) is 2.99. The fraction of sp³-hybridized carbons (Fsp3) is 0.727. The Balaban J connectivity index is 2.17. The molecule has 2 rings (SSSR count). The topological polar surface area (TPSA) is 49.3 Å². The maximum atomic E-state index is 11.1. The number of hydrogen-bond acceptors (Lipinski definition) is 3. The van der Waals surface area contributed by atoms with Crippen LogP contribution in [0.3, 0.4) is 0 Å². The predicted molar refractivity (Wildman–Crippen MR) is 62.2 cm³/mol. The predicted octanol–water partition coefficient (Wildman–Crippen LogP) is 1.50. The monoisotopic (exact) mass is 227 g/mol. The molecule has 4 heteroatoms. The molecule has 2 aliphatic rings. The summed E-state index contributed by atoms with van der Waals surface area (Å²) in [5.41, 5.74) is 1.86. The zero-order valence-electron chi connectivity index (χ0n) is 8.79. The third-order valence-electron chi connectivity index (χ3n) is 3.23. The first-order valence-corrected chi connectivity index (χ1v) is 6.68. The first kappa shape index (κ1) is 11.0. The average molecular weight is 227 g/mol. The van der Waals surface area contributed by atoms with Gasteiger partial charge in [0.05, 0.1) is 0 Å². The van der Waals surface area contributed by atoms with Crippen molar-refractivity contribution in [3.63, 3.8) is 0 Å². The largest absolute Gasteiger partial charge is 0.478 e. The fourth-order valence-corrected chi connectivity index (χ4v) is 3.49. The van der Waals surface area contributed by atoms with Crippen LogP contribution >= 0.6 is 11.8 Å². The lowest BCUT2D eigenvalue weighted by Gasteiger charge is -2.29. The molecule has 3 nitrogen and oxygen atoms in total. The molecule has 0 aromatic carbocycles. The van der Waals surface area contributed by atoms with Crippen molar-refractivity contribution in [1.82, 2.24) is 5.32 Å². The van der Waals surface area contributed by atoms with Crippen molar-refractivity contribution in [1.29, 1.82) is 0 Å². The van der Waals surface area contributed by atoms with Gasteiger partial charge < -0.3 is 10.4 Å². The number of carbonyl (C=O) groups is 1. The minimum absolute atomic E-state index is 0.519. The Morgan fingerprint density at radius 1 is 1.40 bits per heavy atom. The van der Waals surface area contributed by atoms with Crippen LogP contribution in [0.4, 0.5) is 0 Å². The highest BCUT2D eigenvalue weighted by atomic mass is 32.2. The number of thioether (sulfide) groups is 1. The average Bonchev–Trinajstić information content (AvgIpc) is 2.30. The Morgan fingerprint density at radius 2 is 2.13 bits per heavy atom. The van der Waals surface area contributed by atoms with E-state index < -0.39 is 5.97 Å². The summed E-state index contributed by atoms with van der Waals surface area (Å²) in [7, 11) is 0. The van der Waals surface area contributed by atoms with Gasteiger partial charge in [0.15, 0.2) is 0 Å². The van der Waals surface area contributed by atoms with Gasteiger partial charge in [0.2, 0.25) is 0 Å². The van der Waals surface area contributed by atoms with Gasteiger partial charge in [0, 0.05) is 12.1 Å². The van der Waals surface area contributed by atoms with Gasteiger partial charge in [-0.15, -0.1) is 0 Å². The lowest BCUT2D eigenvalue weighted by molar-refractivity contribution is -0.133. The summed E-state index contributed by atoms with van der Waals surface area (Å²) >= 11 is 1.98. The van der Waals surface area contributed by atoms with E-state index in [1.807, 2.05) is 11.8 Å². The van der Waals surface area contributed by atoms with Crippen LogP contribution in [0.15, 0.2) is 11.1 Å². The summed E-state index contributed by atoms with van der Waals surface area (Å²) in [6, 6.07) is 0. The summed E-state index contributed by atoms with van der Waals surface area (Å²) in [5.74, 6) is 2.18. The molecule has 0 atom stereocenters. The van der Waals surface area contributed by atoms with E-state index in [0.29, 0.717) is 17.9 Å². The lowest BCUT2D eigenvalue weighted by Crippen LogP contribution is -2.32. The van der Waals surface area contributed by atoms with Crippen LogP contribution in [-0.4, -0.2) is 35.7 Å². The number of aliphatic carboxylic acids is 1. The molecule has 0 spiro atoms. The summed E-state index contributed by atoms with van der Waals surface area (Å²) in [5, 5.41) is 12.4. The van der Waals surface area contributed by atoms with Gasteiger partial charge in [-0.2, -0.15) is 11.8 Å². The van der Waals surface area contributed by atoms with Gasteiger partial charge in [-0.05, 0) is 48.8 Å². The van der Waals surface area contributed by atoms with Gasteiger partial charge in [0.25, 0.3) is 0 Å². The quantitative estimate of drug-likeness (QED) is 0.750. The minimum atomic E-state index is -0.704. The Kier molecular flexibility index (Phi) is 3.70. The van der Waals surface area contributed by atoms with Gasteiger partial charge in [-0.1, -0.05) is 0 Å². The molecular weight excluding hydrogens is 210 g/mol. The molecule has 2 N–H and O–H groups in total. The Morgan fingerprint density at radius 3 is 2.80 bits per heavy atom. The first-order chi connectivity index (χ1) is 7.29. The highest BCUT2D eigenvalue weighted by Crippen LogP contribution is 2.31. The van der Waals surface area contributed by atoms with Crippen LogP contribution in [0, 0.1) is 5.92 Å². The second kappa shape index (κ2) is 5.03. The zero-order valence-corrected chi connectivity index (χ0v) is 9.61. The SMILES string of the molecule is O=C(O)C1=C(C2CCSCC2)CNCC1. The number of carboxylic acids is 1. The van der Waals surface area contributed by atoms with E-state index in [1.165, 1.54) is 17.1 Å². The smallest absolute Gasteiger partial charge is 0.331 e. The van der Waals surface area contributed by atoms with Crippen LogP contribution in [0.5, 0.6) is 0 Å². The van der Waals surface area contributed by atoms with Crippen molar-refractivity contribution in [3.8, 4) is 0 Å². The van der Waals surface area contributed by atoms with Crippen molar-refractivity contribution in [3.05, 3.63) is 11.1 Å².